The van der Waals surface area contributed by atoms with E-state index >= 15 is 0 Å². The second-order valence-corrected chi connectivity index (χ2v) is 5.23. The van der Waals surface area contributed by atoms with Gasteiger partial charge in [-0.15, -0.1) is 0 Å². The quantitative estimate of drug-likeness (QED) is 0.259. The van der Waals surface area contributed by atoms with Gasteiger partial charge in [0, 0.05) is 0 Å². The van der Waals surface area contributed by atoms with Gasteiger partial charge in [-0.1, -0.05) is 48.6 Å². The molecule has 0 aliphatic heterocycles. The molecule has 0 fully saturated rings. The van der Waals surface area contributed by atoms with E-state index in [0.29, 0.717) is 13.2 Å². The van der Waals surface area contributed by atoms with Gasteiger partial charge in [0.2, 0.25) is 0 Å². The highest BCUT2D eigenvalue weighted by molar-refractivity contribution is 6.20. The van der Waals surface area contributed by atoms with Crippen LogP contribution in [0.5, 0.6) is 0 Å². The molecule has 0 radical (unpaired) electrons. The van der Waals surface area contributed by atoms with Crippen LogP contribution in [0.15, 0.2) is 48.6 Å². The molecule has 0 aliphatic rings. The monoisotopic (exact) mass is 310 g/mol. The van der Waals surface area contributed by atoms with Gasteiger partial charge < -0.3 is 15.0 Å². The molecular formula is C18H18N2O3. The van der Waals surface area contributed by atoms with E-state index in [1.807, 2.05) is 43.3 Å². The third-order valence-corrected chi connectivity index (χ3v) is 3.22. The van der Waals surface area contributed by atoms with Crippen molar-refractivity contribution in [3.05, 3.63) is 65.2 Å². The summed E-state index contributed by atoms with van der Waals surface area (Å²) in [7, 11) is 0. The van der Waals surface area contributed by atoms with Crippen molar-refractivity contribution in [2.75, 3.05) is 6.61 Å². The molecule has 2 aromatic carbocycles. The second-order valence-electron chi connectivity index (χ2n) is 5.23. The molecule has 0 aliphatic carbocycles. The van der Waals surface area contributed by atoms with E-state index in [2.05, 4.69) is 11.4 Å². The first-order chi connectivity index (χ1) is 11.1. The summed E-state index contributed by atoms with van der Waals surface area (Å²) in [6.07, 6.45) is 0.724. The Hall–Kier alpha value is -2.75. The van der Waals surface area contributed by atoms with E-state index in [9.17, 15) is 4.79 Å². The van der Waals surface area contributed by atoms with Crippen molar-refractivity contribution in [2.45, 2.75) is 20.1 Å². The summed E-state index contributed by atoms with van der Waals surface area (Å²) in [6.45, 7) is 6.78. The highest BCUT2D eigenvalue weighted by atomic mass is 16.5. The van der Waals surface area contributed by atoms with Crippen molar-refractivity contribution in [2.24, 2.45) is 0 Å². The normalized spacial score (nSPS) is 10.1. The Balaban J connectivity index is 2.27. The second kappa shape index (κ2) is 8.03. The molecule has 2 rings (SSSR count). The highest BCUT2D eigenvalue weighted by Crippen LogP contribution is 2.24. The van der Waals surface area contributed by atoms with Gasteiger partial charge in [-0.05, 0) is 28.8 Å². The third-order valence-electron chi connectivity index (χ3n) is 3.22. The molecule has 0 heterocycles. The van der Waals surface area contributed by atoms with Crippen LogP contribution in [0.1, 0.15) is 18.1 Å². The van der Waals surface area contributed by atoms with Crippen molar-refractivity contribution in [1.82, 2.24) is 0 Å². The molecule has 118 valence electrons. The van der Waals surface area contributed by atoms with Gasteiger partial charge >= 0.3 is 12.2 Å². The fourth-order valence-electron chi connectivity index (χ4n) is 2.31. The summed E-state index contributed by atoms with van der Waals surface area (Å²) < 4.78 is 10.7. The molecule has 0 saturated heterocycles. The van der Waals surface area contributed by atoms with Gasteiger partial charge in [0.15, 0.2) is 0 Å². The number of hydrogen-bond acceptors (Lipinski definition) is 3. The van der Waals surface area contributed by atoms with Crippen molar-refractivity contribution in [1.29, 1.82) is 0 Å². The topological polar surface area (TPSA) is 71.9 Å². The molecule has 0 bridgehead atoms. The van der Waals surface area contributed by atoms with Crippen molar-refractivity contribution in [3.8, 4) is 0 Å². The summed E-state index contributed by atoms with van der Waals surface area (Å²) in [4.78, 5) is 14.0. The molecule has 0 spiro atoms. The molecule has 0 atom stereocenters. The zero-order chi connectivity index (χ0) is 16.7. The first-order valence-electron chi connectivity index (χ1n) is 7.17. The predicted octanol–water partition coefficient (Wildman–Crippen LogP) is 3.28. The zero-order valence-electron chi connectivity index (χ0n) is 13.0. The Morgan fingerprint density at radius 2 is 1.87 bits per heavy atom. The highest BCUT2D eigenvalue weighted by Gasteiger charge is 2.10. The van der Waals surface area contributed by atoms with E-state index in [4.69, 9.17) is 15.0 Å². The summed E-state index contributed by atoms with van der Waals surface area (Å²) in [6, 6.07) is 11.8. The first kappa shape index (κ1) is 16.6. The molecule has 0 amide bonds. The van der Waals surface area contributed by atoms with Gasteiger partial charge in [-0.25, -0.2) is 4.79 Å². The summed E-state index contributed by atoms with van der Waals surface area (Å²) >= 11 is 0. The molecule has 0 aromatic heterocycles. The maximum absolute atomic E-state index is 11.3. The number of carbonyl (C=O) groups is 1. The lowest BCUT2D eigenvalue weighted by molar-refractivity contribution is -0.140. The fourth-order valence-corrected chi connectivity index (χ4v) is 2.31. The van der Waals surface area contributed by atoms with Crippen LogP contribution >= 0.6 is 0 Å². The number of esters is 1. The standard InChI is InChI=1S/C18H18N2O3/c1-13(2)10-22-11-15-7-3-5-14-6-4-8-16(18(14)15)12-23-17(21)9-20-19/h3-9H,1,10-12H2,2H3. The van der Waals surface area contributed by atoms with Crippen molar-refractivity contribution in [3.63, 3.8) is 0 Å². The van der Waals surface area contributed by atoms with E-state index in [1.165, 1.54) is 0 Å². The summed E-state index contributed by atoms with van der Waals surface area (Å²) in [5.41, 5.74) is 11.2. The molecule has 0 unspecified atom stereocenters. The Labute approximate surface area is 134 Å². The Morgan fingerprint density at radius 3 is 2.48 bits per heavy atom. The van der Waals surface area contributed by atoms with Crippen molar-refractivity contribution >= 4 is 23.0 Å². The number of rotatable bonds is 7. The number of benzene rings is 2. The number of ether oxygens (including phenoxy) is 2. The van der Waals surface area contributed by atoms with Crippen LogP contribution in [0, 0.1) is 0 Å². The Bertz CT molecular complexity index is 772. The fraction of sp³-hybridized carbons (Fsp3) is 0.222. The van der Waals surface area contributed by atoms with Gasteiger partial charge in [0.25, 0.3) is 0 Å². The zero-order valence-corrected chi connectivity index (χ0v) is 13.0. The van der Waals surface area contributed by atoms with Crippen LogP contribution in [0.25, 0.3) is 16.3 Å². The minimum Gasteiger partial charge on any atom is -0.452 e. The molecule has 5 heteroatoms. The number of hydrogen-bond donors (Lipinski definition) is 0. The molecule has 23 heavy (non-hydrogen) atoms. The van der Waals surface area contributed by atoms with Crippen molar-refractivity contribution < 1.29 is 19.1 Å². The van der Waals surface area contributed by atoms with Crippen LogP contribution in [0.3, 0.4) is 0 Å². The maximum atomic E-state index is 11.3. The van der Waals surface area contributed by atoms with E-state index in [0.717, 1.165) is 33.7 Å². The lowest BCUT2D eigenvalue weighted by atomic mass is 10.00. The SMILES string of the molecule is C=C(C)COCc1cccc2cccc(COC(=O)C=[N+]=[N-])c12. The number of nitrogens with zero attached hydrogens (tertiary/aromatic N) is 2. The van der Waals surface area contributed by atoms with Crippen LogP contribution in [-0.4, -0.2) is 23.6 Å². The predicted molar refractivity (Wildman–Crippen MR) is 87.9 cm³/mol. The van der Waals surface area contributed by atoms with Crippen LogP contribution in [0.4, 0.5) is 0 Å². The average molecular weight is 310 g/mol. The van der Waals surface area contributed by atoms with E-state index in [1.54, 1.807) is 0 Å². The van der Waals surface area contributed by atoms with Crippen LogP contribution in [-0.2, 0) is 27.5 Å². The summed E-state index contributed by atoms with van der Waals surface area (Å²) in [5.74, 6) is -0.694. The average Bonchev–Trinajstić information content (AvgIpc) is 2.53. The third kappa shape index (κ3) is 4.61. The Morgan fingerprint density at radius 1 is 1.22 bits per heavy atom. The lowest BCUT2D eigenvalue weighted by Crippen LogP contribution is -2.07. The first-order valence-corrected chi connectivity index (χ1v) is 7.17. The largest absolute Gasteiger partial charge is 0.452 e. The van der Waals surface area contributed by atoms with E-state index < -0.39 is 5.97 Å². The van der Waals surface area contributed by atoms with Crippen LogP contribution < -0.4 is 0 Å². The molecule has 5 nitrogen and oxygen atoms in total. The van der Waals surface area contributed by atoms with Gasteiger partial charge in [0.1, 0.15) is 6.61 Å². The Kier molecular flexibility index (Phi) is 5.80. The molecule has 0 saturated carbocycles. The molecule has 0 N–H and O–H groups in total. The maximum Gasteiger partial charge on any atom is 0.413 e. The molecule has 2 aromatic rings. The number of carbonyl (C=O) groups excluding carboxylic acids is 1. The smallest absolute Gasteiger partial charge is 0.413 e. The van der Waals surface area contributed by atoms with Gasteiger partial charge in [-0.2, -0.15) is 4.79 Å². The van der Waals surface area contributed by atoms with Gasteiger partial charge in [-0.3, -0.25) is 0 Å². The van der Waals surface area contributed by atoms with E-state index in [-0.39, 0.29) is 6.61 Å². The lowest BCUT2D eigenvalue weighted by Gasteiger charge is -2.12. The van der Waals surface area contributed by atoms with Crippen LogP contribution in [0.2, 0.25) is 0 Å². The minimum absolute atomic E-state index is 0.0969. The number of fused-ring (bicyclic) bond motifs is 1. The summed E-state index contributed by atoms with van der Waals surface area (Å²) in [5, 5.41) is 2.05. The van der Waals surface area contributed by atoms with Gasteiger partial charge in [0.05, 0.1) is 13.2 Å². The minimum atomic E-state index is -0.694. The molecular weight excluding hydrogens is 292 g/mol.